The van der Waals surface area contributed by atoms with Gasteiger partial charge in [0.1, 0.15) is 12.6 Å². The van der Waals surface area contributed by atoms with Crippen LogP contribution in [0.3, 0.4) is 0 Å². The second-order valence-electron chi connectivity index (χ2n) is 5.38. The zero-order chi connectivity index (χ0) is 15.1. The summed E-state index contributed by atoms with van der Waals surface area (Å²) in [4.78, 5) is 0. The Bertz CT molecular complexity index is 989. The quantitative estimate of drug-likeness (QED) is 0.571. The minimum atomic E-state index is 0.0804. The monoisotopic (exact) mass is 293 g/mol. The van der Waals surface area contributed by atoms with Gasteiger partial charge < -0.3 is 14.8 Å². The third-order valence-electron chi connectivity index (χ3n) is 4.08. The zero-order valence-electron chi connectivity index (χ0n) is 12.3. The molecule has 4 heteroatoms. The van der Waals surface area contributed by atoms with E-state index in [9.17, 15) is 0 Å². The summed E-state index contributed by atoms with van der Waals surface area (Å²) in [5.41, 5.74) is 4.83. The lowest BCUT2D eigenvalue weighted by Gasteiger charge is -2.08. The van der Waals surface area contributed by atoms with Crippen molar-refractivity contribution < 1.29 is 14.1 Å². The number of aromatic nitrogens is 1. The number of hydrogen-bond donors (Lipinski definition) is 2. The number of pyridine rings is 1. The van der Waals surface area contributed by atoms with Crippen LogP contribution in [0.2, 0.25) is 0 Å². The highest BCUT2D eigenvalue weighted by molar-refractivity contribution is 6.11. The molecule has 0 bridgehead atoms. The second-order valence-corrected chi connectivity index (χ2v) is 5.38. The number of aliphatic hydroxyl groups is 1. The maximum Gasteiger partial charge on any atom is 0.261 e. The number of aliphatic hydroxyl groups excluding tert-OH is 1. The molecule has 0 spiro atoms. The van der Waals surface area contributed by atoms with Crippen LogP contribution >= 0.6 is 0 Å². The minimum absolute atomic E-state index is 0.0804. The van der Waals surface area contributed by atoms with Gasteiger partial charge >= 0.3 is 0 Å². The third kappa shape index (κ3) is 1.77. The van der Waals surface area contributed by atoms with E-state index in [0.29, 0.717) is 6.54 Å². The van der Waals surface area contributed by atoms with Crippen LogP contribution in [0.25, 0.3) is 33.0 Å². The van der Waals surface area contributed by atoms with Crippen LogP contribution < -0.4 is 9.88 Å². The molecule has 2 N–H and O–H groups in total. The zero-order valence-corrected chi connectivity index (χ0v) is 12.3. The average Bonchev–Trinajstić information content (AvgIpc) is 2.94. The first-order chi connectivity index (χ1) is 10.8. The van der Waals surface area contributed by atoms with Gasteiger partial charge in [0.25, 0.3) is 5.52 Å². The molecule has 4 nitrogen and oxygen atoms in total. The molecular weight excluding hydrogens is 276 g/mol. The third-order valence-corrected chi connectivity index (χ3v) is 4.08. The number of anilines is 1. The molecule has 0 radical (unpaired) electrons. The molecule has 0 unspecified atom stereocenters. The first-order valence-corrected chi connectivity index (χ1v) is 7.38. The minimum Gasteiger partial charge on any atom is -0.447 e. The molecule has 4 aromatic rings. The summed E-state index contributed by atoms with van der Waals surface area (Å²) in [6.45, 7) is 0.570. The summed E-state index contributed by atoms with van der Waals surface area (Å²) in [6, 6.07) is 16.3. The number of nitrogens with one attached hydrogen (secondary N) is 1. The largest absolute Gasteiger partial charge is 0.447 e. The van der Waals surface area contributed by atoms with Gasteiger partial charge in [0, 0.05) is 12.6 Å². The van der Waals surface area contributed by atoms with E-state index in [1.165, 1.54) is 0 Å². The number of aryl methyl sites for hydroxylation is 1. The van der Waals surface area contributed by atoms with Crippen molar-refractivity contribution in [2.24, 2.45) is 7.05 Å². The Balaban J connectivity index is 2.21. The first-order valence-electron chi connectivity index (χ1n) is 7.38. The summed E-state index contributed by atoms with van der Waals surface area (Å²) in [6.07, 6.45) is 0. The topological polar surface area (TPSA) is 49.3 Å². The van der Waals surface area contributed by atoms with Gasteiger partial charge in [0.2, 0.25) is 11.1 Å². The van der Waals surface area contributed by atoms with E-state index in [1.807, 2.05) is 30.3 Å². The van der Waals surface area contributed by atoms with Crippen molar-refractivity contribution in [1.29, 1.82) is 0 Å². The van der Waals surface area contributed by atoms with E-state index in [2.05, 4.69) is 35.1 Å². The van der Waals surface area contributed by atoms with Gasteiger partial charge in [0.05, 0.1) is 23.1 Å². The SMILES string of the molecule is C[n+]1c2ccccc2c(NCCO)c2oc3ccccc3c21. The smallest absolute Gasteiger partial charge is 0.261 e. The number of furan rings is 1. The Morgan fingerprint density at radius 3 is 2.59 bits per heavy atom. The van der Waals surface area contributed by atoms with Crippen LogP contribution in [0, 0.1) is 0 Å². The van der Waals surface area contributed by atoms with Gasteiger partial charge in [-0.3, -0.25) is 0 Å². The predicted molar refractivity (Wildman–Crippen MR) is 88.0 cm³/mol. The summed E-state index contributed by atoms with van der Waals surface area (Å²) < 4.78 is 8.27. The predicted octanol–water partition coefficient (Wildman–Crippen LogP) is 2.97. The fraction of sp³-hybridized carbons (Fsp3) is 0.167. The van der Waals surface area contributed by atoms with Gasteiger partial charge in [-0.1, -0.05) is 24.3 Å². The molecule has 0 aliphatic heterocycles. The number of fused-ring (bicyclic) bond motifs is 4. The van der Waals surface area contributed by atoms with Crippen LogP contribution in [0.15, 0.2) is 52.9 Å². The fourth-order valence-corrected chi connectivity index (χ4v) is 3.11. The van der Waals surface area contributed by atoms with Crippen molar-refractivity contribution >= 4 is 38.7 Å². The summed E-state index contributed by atoms with van der Waals surface area (Å²) >= 11 is 0. The van der Waals surface area contributed by atoms with E-state index >= 15 is 0 Å². The molecule has 0 amide bonds. The maximum absolute atomic E-state index is 9.17. The van der Waals surface area contributed by atoms with E-state index in [1.54, 1.807) is 0 Å². The second kappa shape index (κ2) is 5.00. The van der Waals surface area contributed by atoms with Gasteiger partial charge in [-0.2, -0.15) is 4.57 Å². The molecule has 2 aromatic carbocycles. The van der Waals surface area contributed by atoms with Crippen LogP contribution in [-0.2, 0) is 7.05 Å². The lowest BCUT2D eigenvalue weighted by atomic mass is 10.1. The molecule has 22 heavy (non-hydrogen) atoms. The van der Waals surface area contributed by atoms with Crippen LogP contribution in [0.1, 0.15) is 0 Å². The Labute approximate surface area is 127 Å². The lowest BCUT2D eigenvalue weighted by molar-refractivity contribution is -0.616. The number of rotatable bonds is 3. The molecule has 0 saturated heterocycles. The highest BCUT2D eigenvalue weighted by Crippen LogP contribution is 2.35. The van der Waals surface area contributed by atoms with Crippen LogP contribution in [0.4, 0.5) is 5.69 Å². The van der Waals surface area contributed by atoms with E-state index in [4.69, 9.17) is 9.52 Å². The standard InChI is InChI=1S/C18H16N2O2/c1-20-14-8-4-2-6-12(14)16(19-10-11-21)18-17(20)13-7-3-5-9-15(13)22-18/h2-9,21H,10-11H2,1H3/p+1. The highest BCUT2D eigenvalue weighted by atomic mass is 16.3. The Hall–Kier alpha value is -2.59. The number of hydrogen-bond acceptors (Lipinski definition) is 3. The molecule has 4 rings (SSSR count). The van der Waals surface area contributed by atoms with E-state index in [0.717, 1.165) is 38.7 Å². The van der Waals surface area contributed by atoms with Crippen molar-refractivity contribution in [2.75, 3.05) is 18.5 Å². The molecule has 2 aromatic heterocycles. The van der Waals surface area contributed by atoms with Crippen molar-refractivity contribution in [3.8, 4) is 0 Å². The van der Waals surface area contributed by atoms with Gasteiger partial charge in [-0.25, -0.2) is 0 Å². The first kappa shape index (κ1) is 13.1. The van der Waals surface area contributed by atoms with Crippen LogP contribution in [-0.4, -0.2) is 18.3 Å². The van der Waals surface area contributed by atoms with Crippen LogP contribution in [0.5, 0.6) is 0 Å². The molecule has 0 aliphatic rings. The molecular formula is C18H17N2O2+. The van der Waals surface area contributed by atoms with E-state index < -0.39 is 0 Å². The Morgan fingerprint density at radius 2 is 1.77 bits per heavy atom. The fourth-order valence-electron chi connectivity index (χ4n) is 3.11. The number of nitrogens with zero attached hydrogens (tertiary/aromatic N) is 1. The normalized spacial score (nSPS) is 11.5. The lowest BCUT2D eigenvalue weighted by Crippen LogP contribution is -2.30. The number of benzene rings is 2. The van der Waals surface area contributed by atoms with Gasteiger partial charge in [-0.15, -0.1) is 0 Å². The molecule has 110 valence electrons. The summed E-state index contributed by atoms with van der Waals surface area (Å²) in [5.74, 6) is 0. The highest BCUT2D eigenvalue weighted by Gasteiger charge is 2.23. The van der Waals surface area contributed by atoms with E-state index in [-0.39, 0.29) is 6.61 Å². The van der Waals surface area contributed by atoms with Crippen molar-refractivity contribution in [2.45, 2.75) is 0 Å². The average molecular weight is 293 g/mol. The molecule has 0 atom stereocenters. The Morgan fingerprint density at radius 1 is 1.05 bits per heavy atom. The van der Waals surface area contributed by atoms with Gasteiger partial charge in [-0.05, 0) is 18.2 Å². The molecule has 0 aliphatic carbocycles. The van der Waals surface area contributed by atoms with Crippen molar-refractivity contribution in [3.63, 3.8) is 0 Å². The summed E-state index contributed by atoms with van der Waals surface area (Å²) in [7, 11) is 2.06. The van der Waals surface area contributed by atoms with Crippen molar-refractivity contribution in [1.82, 2.24) is 0 Å². The maximum atomic E-state index is 9.17. The number of para-hydroxylation sites is 2. The summed E-state index contributed by atoms with van der Waals surface area (Å²) in [5, 5.41) is 14.7. The van der Waals surface area contributed by atoms with Gasteiger partial charge in [0.15, 0.2) is 0 Å². The molecule has 0 fully saturated rings. The molecule has 0 saturated carbocycles. The van der Waals surface area contributed by atoms with Crippen molar-refractivity contribution in [3.05, 3.63) is 48.5 Å². The Kier molecular flexibility index (Phi) is 2.98. The molecule has 2 heterocycles.